The van der Waals surface area contributed by atoms with Crippen LogP contribution in [-0.4, -0.2) is 39.9 Å². The summed E-state index contributed by atoms with van der Waals surface area (Å²) in [5.74, 6) is 1.15. The number of hydrogen-bond acceptors (Lipinski definition) is 7. The average molecular weight is 404 g/mol. The minimum Gasteiger partial charge on any atom is -0.355 e. The van der Waals surface area contributed by atoms with Crippen molar-refractivity contribution >= 4 is 35.0 Å². The van der Waals surface area contributed by atoms with E-state index in [-0.39, 0.29) is 17.4 Å². The van der Waals surface area contributed by atoms with Crippen molar-refractivity contribution in [3.8, 4) is 0 Å². The first-order valence-electron chi connectivity index (χ1n) is 9.11. The lowest BCUT2D eigenvalue weighted by Crippen LogP contribution is -2.48. The molecule has 1 aliphatic carbocycles. The zero-order chi connectivity index (χ0) is 19.0. The molecule has 8 heteroatoms. The van der Waals surface area contributed by atoms with Crippen molar-refractivity contribution in [2.75, 3.05) is 18.0 Å². The molecular formula is C19H22ClN5OS. The number of halogens is 1. The zero-order valence-electron chi connectivity index (χ0n) is 15.1. The van der Waals surface area contributed by atoms with E-state index in [1.54, 1.807) is 24.8 Å². The van der Waals surface area contributed by atoms with E-state index in [9.17, 15) is 4.79 Å². The van der Waals surface area contributed by atoms with Crippen molar-refractivity contribution in [1.29, 1.82) is 0 Å². The quantitative estimate of drug-likeness (QED) is 0.842. The maximum Gasteiger partial charge on any atom is 0.147 e. The number of Topliss-reactive ketones (excluding diaryl/α,β-unsaturated/α-hetero) is 1. The van der Waals surface area contributed by atoms with E-state index < -0.39 is 0 Å². The van der Waals surface area contributed by atoms with Gasteiger partial charge in [0.1, 0.15) is 16.6 Å². The Labute approximate surface area is 167 Å². The molecule has 1 saturated carbocycles. The molecule has 0 bridgehead atoms. The van der Waals surface area contributed by atoms with Gasteiger partial charge in [-0.2, -0.15) is 0 Å². The summed E-state index contributed by atoms with van der Waals surface area (Å²) >= 11 is 7.61. The highest BCUT2D eigenvalue weighted by Gasteiger charge is 2.50. The van der Waals surface area contributed by atoms with Crippen LogP contribution in [0, 0.1) is 11.3 Å². The molecule has 2 aliphatic rings. The molecule has 3 heterocycles. The van der Waals surface area contributed by atoms with Crippen LogP contribution in [0.1, 0.15) is 26.2 Å². The highest BCUT2D eigenvalue weighted by atomic mass is 35.5. The number of ketones is 1. The van der Waals surface area contributed by atoms with Crippen LogP contribution in [0.2, 0.25) is 5.02 Å². The number of rotatable bonds is 3. The average Bonchev–Trinajstić information content (AvgIpc) is 2.89. The molecule has 27 heavy (non-hydrogen) atoms. The lowest BCUT2D eigenvalue weighted by Gasteiger charge is -2.42. The third-order valence-electron chi connectivity index (χ3n) is 5.93. The second-order valence-electron chi connectivity index (χ2n) is 7.43. The van der Waals surface area contributed by atoms with E-state index >= 15 is 0 Å². The van der Waals surface area contributed by atoms with Crippen molar-refractivity contribution in [1.82, 2.24) is 15.0 Å². The van der Waals surface area contributed by atoms with Gasteiger partial charge in [0.05, 0.1) is 17.4 Å². The Kier molecular flexibility index (Phi) is 5.09. The third-order valence-corrected chi connectivity index (χ3v) is 7.34. The number of carbonyl (C=O) groups is 1. The van der Waals surface area contributed by atoms with Crippen LogP contribution in [0.15, 0.2) is 40.8 Å². The standard InChI is InChI=1S/C19H22ClN5OS/c1-12-14(26)8-19(18(12)21)3-6-25(7-4-19)16-10-24-17(11-23-16)27-15-2-5-22-9-13(15)20/h2,5,9-12,18H,3-4,6-8,21H2,1H3/t12-,18+/m1/s1. The Morgan fingerprint density at radius 1 is 1.26 bits per heavy atom. The van der Waals surface area contributed by atoms with Gasteiger partial charge in [-0.05, 0) is 24.3 Å². The van der Waals surface area contributed by atoms with Crippen LogP contribution in [0.4, 0.5) is 5.82 Å². The van der Waals surface area contributed by atoms with Gasteiger partial charge >= 0.3 is 0 Å². The minimum atomic E-state index is -0.0334. The fraction of sp³-hybridized carbons (Fsp3) is 0.474. The number of piperidine rings is 1. The second kappa shape index (κ2) is 7.37. The molecule has 2 atom stereocenters. The van der Waals surface area contributed by atoms with Crippen LogP contribution in [0.25, 0.3) is 0 Å². The topological polar surface area (TPSA) is 85.0 Å². The Morgan fingerprint density at radius 3 is 2.63 bits per heavy atom. The molecule has 142 valence electrons. The van der Waals surface area contributed by atoms with E-state index in [4.69, 9.17) is 17.3 Å². The molecule has 0 aromatic carbocycles. The molecule has 0 unspecified atom stereocenters. The number of nitrogens with two attached hydrogens (primary N) is 1. The van der Waals surface area contributed by atoms with Crippen LogP contribution in [-0.2, 0) is 4.79 Å². The van der Waals surface area contributed by atoms with Gasteiger partial charge < -0.3 is 10.6 Å². The predicted molar refractivity (Wildman–Crippen MR) is 106 cm³/mol. The summed E-state index contributed by atoms with van der Waals surface area (Å²) < 4.78 is 0. The highest BCUT2D eigenvalue weighted by Crippen LogP contribution is 2.46. The van der Waals surface area contributed by atoms with Crippen molar-refractivity contribution in [2.45, 2.75) is 42.1 Å². The van der Waals surface area contributed by atoms with Crippen molar-refractivity contribution in [2.24, 2.45) is 17.1 Å². The summed E-state index contributed by atoms with van der Waals surface area (Å²) in [6, 6.07) is 1.84. The molecule has 2 fully saturated rings. The smallest absolute Gasteiger partial charge is 0.147 e. The maximum absolute atomic E-state index is 12.1. The molecule has 1 spiro atoms. The fourth-order valence-electron chi connectivity index (χ4n) is 4.13. The van der Waals surface area contributed by atoms with Crippen molar-refractivity contribution < 1.29 is 4.79 Å². The minimum absolute atomic E-state index is 0.0207. The second-order valence-corrected chi connectivity index (χ2v) is 8.90. The van der Waals surface area contributed by atoms with Crippen LogP contribution < -0.4 is 10.6 Å². The molecule has 2 aromatic rings. The number of pyridine rings is 1. The lowest BCUT2D eigenvalue weighted by atomic mass is 9.73. The Hall–Kier alpha value is -1.70. The van der Waals surface area contributed by atoms with Gasteiger partial charge in [-0.15, -0.1) is 0 Å². The molecule has 2 aromatic heterocycles. The summed E-state index contributed by atoms with van der Waals surface area (Å²) in [6.07, 6.45) is 9.38. The van der Waals surface area contributed by atoms with Gasteiger partial charge in [0, 0.05) is 48.8 Å². The van der Waals surface area contributed by atoms with Crippen LogP contribution in [0.3, 0.4) is 0 Å². The van der Waals surface area contributed by atoms with Gasteiger partial charge in [-0.25, -0.2) is 9.97 Å². The van der Waals surface area contributed by atoms with Gasteiger partial charge in [0.2, 0.25) is 0 Å². The first-order valence-corrected chi connectivity index (χ1v) is 10.3. The highest BCUT2D eigenvalue weighted by molar-refractivity contribution is 7.99. The number of carbonyl (C=O) groups excluding carboxylic acids is 1. The number of aromatic nitrogens is 3. The summed E-state index contributed by atoms with van der Waals surface area (Å²) in [5.41, 5.74) is 6.35. The fourth-order valence-corrected chi connectivity index (χ4v) is 5.08. The number of hydrogen-bond donors (Lipinski definition) is 1. The largest absolute Gasteiger partial charge is 0.355 e. The van der Waals surface area contributed by atoms with E-state index in [0.717, 1.165) is 41.7 Å². The van der Waals surface area contributed by atoms with Crippen LogP contribution >= 0.6 is 23.4 Å². The predicted octanol–water partition coefficient (Wildman–Crippen LogP) is 3.20. The van der Waals surface area contributed by atoms with E-state index in [0.29, 0.717) is 17.2 Å². The van der Waals surface area contributed by atoms with Gasteiger partial charge in [0.25, 0.3) is 0 Å². The molecular weight excluding hydrogens is 382 g/mol. The molecule has 1 aliphatic heterocycles. The van der Waals surface area contributed by atoms with Crippen molar-refractivity contribution in [3.05, 3.63) is 35.9 Å². The summed E-state index contributed by atoms with van der Waals surface area (Å²) in [7, 11) is 0. The summed E-state index contributed by atoms with van der Waals surface area (Å²) in [6.45, 7) is 3.67. The Balaban J connectivity index is 1.41. The number of nitrogens with zero attached hydrogens (tertiary/aromatic N) is 4. The Morgan fingerprint density at radius 2 is 2.04 bits per heavy atom. The third kappa shape index (κ3) is 3.56. The monoisotopic (exact) mass is 403 g/mol. The van der Waals surface area contributed by atoms with Gasteiger partial charge in [0.15, 0.2) is 0 Å². The van der Waals surface area contributed by atoms with E-state index in [1.807, 2.05) is 13.0 Å². The normalized spacial score (nSPS) is 24.6. The Bertz CT molecular complexity index is 838. The van der Waals surface area contributed by atoms with Crippen molar-refractivity contribution in [3.63, 3.8) is 0 Å². The van der Waals surface area contributed by atoms with E-state index in [2.05, 4.69) is 19.9 Å². The zero-order valence-corrected chi connectivity index (χ0v) is 16.7. The first-order chi connectivity index (χ1) is 13.0. The molecule has 2 N–H and O–H groups in total. The molecule has 0 radical (unpaired) electrons. The van der Waals surface area contributed by atoms with Crippen LogP contribution in [0.5, 0.6) is 0 Å². The summed E-state index contributed by atoms with van der Waals surface area (Å²) in [4.78, 5) is 28.3. The SMILES string of the molecule is C[C@@H]1C(=O)CC2(CCN(c3cnc(Sc4ccncc4Cl)cn3)CC2)[C@H]1N. The molecule has 1 saturated heterocycles. The lowest BCUT2D eigenvalue weighted by molar-refractivity contribution is -0.120. The van der Waals surface area contributed by atoms with E-state index in [1.165, 1.54) is 11.8 Å². The molecule has 4 rings (SSSR count). The maximum atomic E-state index is 12.1. The first kappa shape index (κ1) is 18.7. The van der Waals surface area contributed by atoms with Gasteiger partial charge in [-0.3, -0.25) is 9.78 Å². The number of anilines is 1. The summed E-state index contributed by atoms with van der Waals surface area (Å²) in [5, 5.41) is 1.39. The molecule has 6 nitrogen and oxygen atoms in total. The van der Waals surface area contributed by atoms with Gasteiger partial charge in [-0.1, -0.05) is 30.3 Å². The molecule has 0 amide bonds.